The van der Waals surface area contributed by atoms with Crippen LogP contribution in [0.4, 0.5) is 0 Å². The van der Waals surface area contributed by atoms with Crippen LogP contribution >= 0.6 is 0 Å². The number of ether oxygens (including phenoxy) is 1. The predicted molar refractivity (Wildman–Crippen MR) is 83.2 cm³/mol. The largest absolute Gasteiger partial charge is 0.456 e. The third-order valence-electron chi connectivity index (χ3n) is 3.15. The number of rotatable bonds is 3. The summed E-state index contributed by atoms with van der Waals surface area (Å²) in [6.07, 6.45) is 1.87. The van der Waals surface area contributed by atoms with Crippen LogP contribution in [0.25, 0.3) is 16.7 Å². The molecule has 0 aliphatic rings. The zero-order chi connectivity index (χ0) is 14.7. The molecule has 0 saturated heterocycles. The Bertz CT molecular complexity index is 845. The standard InChI is InChI=1S/C18H14O3/c1-2-15(13-8-4-3-5-9-13)20-17-12-18(19)21-16-11-7-6-10-14(16)17/h2-12H,1H3/b15-2+. The molecule has 0 aliphatic carbocycles. The highest BCUT2D eigenvalue weighted by Gasteiger charge is 2.09. The van der Waals surface area contributed by atoms with Crippen molar-refractivity contribution in [1.29, 1.82) is 0 Å². The van der Waals surface area contributed by atoms with E-state index in [1.54, 1.807) is 6.07 Å². The molecule has 3 aromatic rings. The molecule has 104 valence electrons. The maximum absolute atomic E-state index is 11.6. The lowest BCUT2D eigenvalue weighted by Gasteiger charge is -2.11. The Morgan fingerprint density at radius 2 is 1.76 bits per heavy atom. The van der Waals surface area contributed by atoms with E-state index in [9.17, 15) is 4.79 Å². The van der Waals surface area contributed by atoms with E-state index in [4.69, 9.17) is 9.15 Å². The van der Waals surface area contributed by atoms with E-state index in [1.807, 2.05) is 61.5 Å². The second-order valence-corrected chi connectivity index (χ2v) is 4.55. The van der Waals surface area contributed by atoms with Gasteiger partial charge in [0.05, 0.1) is 11.5 Å². The number of hydrogen-bond donors (Lipinski definition) is 0. The summed E-state index contributed by atoms with van der Waals surface area (Å²) >= 11 is 0. The minimum absolute atomic E-state index is 0.424. The third-order valence-corrected chi connectivity index (χ3v) is 3.15. The molecule has 0 aliphatic heterocycles. The van der Waals surface area contributed by atoms with Gasteiger partial charge in [-0.25, -0.2) is 4.79 Å². The first-order valence-corrected chi connectivity index (χ1v) is 6.70. The predicted octanol–water partition coefficient (Wildman–Crippen LogP) is 4.23. The monoisotopic (exact) mass is 278 g/mol. The second-order valence-electron chi connectivity index (χ2n) is 4.55. The lowest BCUT2D eigenvalue weighted by atomic mass is 10.2. The van der Waals surface area contributed by atoms with E-state index in [-0.39, 0.29) is 0 Å². The molecular weight excluding hydrogens is 264 g/mol. The molecule has 0 atom stereocenters. The summed E-state index contributed by atoms with van der Waals surface area (Å²) in [6.45, 7) is 1.90. The Morgan fingerprint density at radius 1 is 1.05 bits per heavy atom. The highest BCUT2D eigenvalue weighted by Crippen LogP contribution is 2.27. The molecule has 0 bridgehead atoms. The van der Waals surface area contributed by atoms with E-state index >= 15 is 0 Å². The molecule has 2 aromatic carbocycles. The number of hydrogen-bond acceptors (Lipinski definition) is 3. The molecule has 3 heteroatoms. The molecule has 0 spiro atoms. The third kappa shape index (κ3) is 2.72. The van der Waals surface area contributed by atoms with Crippen LogP contribution in [0.2, 0.25) is 0 Å². The summed E-state index contributed by atoms with van der Waals surface area (Å²) in [5, 5.41) is 0.771. The number of allylic oxidation sites excluding steroid dienone is 1. The summed E-state index contributed by atoms with van der Waals surface area (Å²) in [5.41, 5.74) is 1.05. The molecule has 0 fully saturated rings. The van der Waals surface area contributed by atoms with Gasteiger partial charge in [-0.1, -0.05) is 42.5 Å². The topological polar surface area (TPSA) is 39.4 Å². The molecule has 0 N–H and O–H groups in total. The van der Waals surface area contributed by atoms with Crippen LogP contribution in [0.1, 0.15) is 12.5 Å². The van der Waals surface area contributed by atoms with Crippen molar-refractivity contribution in [3.05, 3.63) is 82.7 Å². The maximum atomic E-state index is 11.6. The van der Waals surface area contributed by atoms with Gasteiger partial charge in [-0.3, -0.25) is 0 Å². The van der Waals surface area contributed by atoms with Crippen LogP contribution in [-0.2, 0) is 0 Å². The average Bonchev–Trinajstić information content (AvgIpc) is 2.53. The molecule has 0 saturated carbocycles. The van der Waals surface area contributed by atoms with E-state index in [2.05, 4.69) is 0 Å². The lowest BCUT2D eigenvalue weighted by molar-refractivity contribution is 0.500. The Balaban J connectivity index is 2.07. The molecule has 0 amide bonds. The van der Waals surface area contributed by atoms with Crippen LogP contribution < -0.4 is 10.4 Å². The van der Waals surface area contributed by atoms with Gasteiger partial charge < -0.3 is 9.15 Å². The minimum Gasteiger partial charge on any atom is -0.456 e. The Kier molecular flexibility index (Phi) is 3.56. The van der Waals surface area contributed by atoms with Gasteiger partial charge in [-0.2, -0.15) is 0 Å². The Morgan fingerprint density at radius 3 is 2.52 bits per heavy atom. The van der Waals surface area contributed by atoms with Crippen LogP contribution in [-0.4, -0.2) is 0 Å². The highest BCUT2D eigenvalue weighted by molar-refractivity contribution is 5.84. The van der Waals surface area contributed by atoms with Crippen molar-refractivity contribution in [2.45, 2.75) is 6.92 Å². The smallest absolute Gasteiger partial charge is 0.339 e. The molecule has 1 aromatic heterocycles. The molecular formula is C18H14O3. The van der Waals surface area contributed by atoms with Gasteiger partial charge in [0.1, 0.15) is 17.1 Å². The van der Waals surface area contributed by atoms with Gasteiger partial charge in [0.25, 0.3) is 0 Å². The van der Waals surface area contributed by atoms with Crippen molar-refractivity contribution < 1.29 is 9.15 Å². The molecule has 0 radical (unpaired) electrons. The van der Waals surface area contributed by atoms with Gasteiger partial charge in [-0.05, 0) is 25.1 Å². The van der Waals surface area contributed by atoms with Crippen LogP contribution in [0.15, 0.2) is 76.0 Å². The van der Waals surface area contributed by atoms with Gasteiger partial charge in [-0.15, -0.1) is 0 Å². The van der Waals surface area contributed by atoms with E-state index in [0.717, 1.165) is 10.9 Å². The van der Waals surface area contributed by atoms with Crippen molar-refractivity contribution in [3.8, 4) is 5.75 Å². The van der Waals surface area contributed by atoms with Crippen molar-refractivity contribution in [2.24, 2.45) is 0 Å². The summed E-state index contributed by atoms with van der Waals surface area (Å²) in [5.74, 6) is 1.20. The minimum atomic E-state index is -0.424. The normalized spacial score (nSPS) is 11.6. The lowest BCUT2D eigenvalue weighted by Crippen LogP contribution is -2.01. The first-order chi connectivity index (χ1) is 10.3. The first-order valence-electron chi connectivity index (χ1n) is 6.70. The zero-order valence-electron chi connectivity index (χ0n) is 11.6. The molecule has 21 heavy (non-hydrogen) atoms. The van der Waals surface area contributed by atoms with Crippen molar-refractivity contribution in [3.63, 3.8) is 0 Å². The average molecular weight is 278 g/mol. The zero-order valence-corrected chi connectivity index (χ0v) is 11.6. The van der Waals surface area contributed by atoms with E-state index in [1.165, 1.54) is 6.07 Å². The fourth-order valence-corrected chi connectivity index (χ4v) is 2.17. The Labute approximate surface area is 122 Å². The van der Waals surface area contributed by atoms with E-state index < -0.39 is 5.63 Å². The van der Waals surface area contributed by atoms with Gasteiger partial charge >= 0.3 is 5.63 Å². The highest BCUT2D eigenvalue weighted by atomic mass is 16.5. The van der Waals surface area contributed by atoms with E-state index in [0.29, 0.717) is 17.1 Å². The summed E-state index contributed by atoms with van der Waals surface area (Å²) < 4.78 is 11.1. The molecule has 0 unspecified atom stereocenters. The first kappa shape index (κ1) is 13.2. The molecule has 1 heterocycles. The summed E-state index contributed by atoms with van der Waals surface area (Å²) in [7, 11) is 0. The summed E-state index contributed by atoms with van der Waals surface area (Å²) in [6, 6.07) is 18.5. The number of fused-ring (bicyclic) bond motifs is 1. The fraction of sp³-hybridized carbons (Fsp3) is 0.0556. The molecule has 3 nitrogen and oxygen atoms in total. The van der Waals surface area contributed by atoms with Gasteiger partial charge in [0, 0.05) is 5.56 Å². The Hall–Kier alpha value is -2.81. The number of para-hydroxylation sites is 1. The second kappa shape index (κ2) is 5.67. The SMILES string of the molecule is C/C=C(/Oc1cc(=O)oc2ccccc12)c1ccccc1. The van der Waals surface area contributed by atoms with Crippen LogP contribution in [0.5, 0.6) is 5.75 Å². The maximum Gasteiger partial charge on any atom is 0.339 e. The van der Waals surface area contributed by atoms with Crippen molar-refractivity contribution in [2.75, 3.05) is 0 Å². The van der Waals surface area contributed by atoms with Crippen LogP contribution in [0, 0.1) is 0 Å². The quantitative estimate of drug-likeness (QED) is 0.531. The van der Waals surface area contributed by atoms with Crippen molar-refractivity contribution >= 4 is 16.7 Å². The number of benzene rings is 2. The molecule has 3 rings (SSSR count). The van der Waals surface area contributed by atoms with Gasteiger partial charge in [0.2, 0.25) is 0 Å². The van der Waals surface area contributed by atoms with Crippen molar-refractivity contribution in [1.82, 2.24) is 0 Å². The fourth-order valence-electron chi connectivity index (χ4n) is 2.17. The van der Waals surface area contributed by atoms with Crippen LogP contribution in [0.3, 0.4) is 0 Å². The van der Waals surface area contributed by atoms with Gasteiger partial charge in [0.15, 0.2) is 0 Å². The summed E-state index contributed by atoms with van der Waals surface area (Å²) in [4.78, 5) is 11.6.